The van der Waals surface area contributed by atoms with Crippen molar-refractivity contribution in [2.75, 3.05) is 5.73 Å². The van der Waals surface area contributed by atoms with Gasteiger partial charge in [0.25, 0.3) is 0 Å². The van der Waals surface area contributed by atoms with Crippen LogP contribution >= 0.6 is 15.9 Å². The number of nitrogens with two attached hydrogens (primary N) is 1. The fraction of sp³-hybridized carbons (Fsp3) is 0.308. The minimum absolute atomic E-state index is 0.0921. The van der Waals surface area contributed by atoms with Crippen LogP contribution in [0.1, 0.15) is 29.5 Å². The summed E-state index contributed by atoms with van der Waals surface area (Å²) >= 11 is 3.28. The highest BCUT2D eigenvalue weighted by atomic mass is 79.9. The Balaban J connectivity index is 2.01. The van der Waals surface area contributed by atoms with Crippen molar-refractivity contribution in [2.24, 2.45) is 0 Å². The fourth-order valence-electron chi connectivity index (χ4n) is 1.68. The molecule has 0 saturated heterocycles. The lowest BCUT2D eigenvalue weighted by Gasteiger charge is -2.07. The molecule has 0 aliphatic heterocycles. The Kier molecular flexibility index (Phi) is 4.73. The predicted octanol–water partition coefficient (Wildman–Crippen LogP) is 2.39. The number of benzene rings is 1. The van der Waals surface area contributed by atoms with Crippen molar-refractivity contribution >= 4 is 27.6 Å². The maximum absolute atomic E-state index is 11.9. The molecule has 0 aliphatic rings. The lowest BCUT2D eigenvalue weighted by molar-refractivity contribution is 0.0456. The molecule has 1 aromatic heterocycles. The van der Waals surface area contributed by atoms with Crippen LogP contribution in [0.3, 0.4) is 0 Å². The summed E-state index contributed by atoms with van der Waals surface area (Å²) in [6, 6.07) is 4.94. The molecular weight excluding hydrogens is 324 g/mol. The van der Waals surface area contributed by atoms with Crippen molar-refractivity contribution in [1.82, 2.24) is 14.8 Å². The number of nitrogen functional groups attached to an aromatic ring is 1. The highest BCUT2D eigenvalue weighted by Gasteiger charge is 2.11. The number of aromatic nitrogens is 3. The maximum atomic E-state index is 11.9. The van der Waals surface area contributed by atoms with Gasteiger partial charge in [-0.25, -0.2) is 14.5 Å². The van der Waals surface area contributed by atoms with Crippen LogP contribution in [0.15, 0.2) is 29.0 Å². The number of aryl methyl sites for hydroxylation is 1. The quantitative estimate of drug-likeness (QED) is 0.668. The minimum Gasteiger partial charge on any atom is -0.454 e. The van der Waals surface area contributed by atoms with Crippen molar-refractivity contribution in [3.05, 3.63) is 40.4 Å². The summed E-state index contributed by atoms with van der Waals surface area (Å²) in [5.41, 5.74) is 6.64. The molecule has 6 nitrogen and oxygen atoms in total. The smallest absolute Gasteiger partial charge is 0.338 e. The van der Waals surface area contributed by atoms with E-state index in [1.54, 1.807) is 22.9 Å². The third-order valence-corrected chi connectivity index (χ3v) is 3.42. The molecule has 0 amide bonds. The van der Waals surface area contributed by atoms with Gasteiger partial charge in [0.1, 0.15) is 6.33 Å². The molecule has 0 saturated carbocycles. The van der Waals surface area contributed by atoms with Gasteiger partial charge in [0.15, 0.2) is 12.4 Å². The van der Waals surface area contributed by atoms with Crippen LogP contribution in [0.25, 0.3) is 0 Å². The lowest BCUT2D eigenvalue weighted by Crippen LogP contribution is -2.11. The van der Waals surface area contributed by atoms with Crippen LogP contribution in [-0.4, -0.2) is 20.7 Å². The Bertz CT molecular complexity index is 612. The van der Waals surface area contributed by atoms with E-state index in [-0.39, 0.29) is 6.61 Å². The standard InChI is InChI=1S/C13H15BrN4O2/c1-2-5-18-12(16-8-17-18)7-20-13(19)9-3-4-10(14)11(15)6-9/h3-4,6,8H,2,5,7,15H2,1H3. The molecule has 20 heavy (non-hydrogen) atoms. The van der Waals surface area contributed by atoms with E-state index in [1.807, 2.05) is 6.92 Å². The number of esters is 1. The van der Waals surface area contributed by atoms with Crippen LogP contribution < -0.4 is 5.73 Å². The molecule has 0 spiro atoms. The van der Waals surface area contributed by atoms with Crippen molar-refractivity contribution < 1.29 is 9.53 Å². The summed E-state index contributed by atoms with van der Waals surface area (Å²) in [5, 5.41) is 4.07. The van der Waals surface area contributed by atoms with E-state index in [9.17, 15) is 4.79 Å². The molecule has 1 aromatic carbocycles. The van der Waals surface area contributed by atoms with Crippen LogP contribution in [0.2, 0.25) is 0 Å². The van der Waals surface area contributed by atoms with E-state index < -0.39 is 5.97 Å². The molecule has 2 aromatic rings. The zero-order chi connectivity index (χ0) is 14.5. The van der Waals surface area contributed by atoms with Gasteiger partial charge >= 0.3 is 5.97 Å². The molecule has 0 atom stereocenters. The predicted molar refractivity (Wildman–Crippen MR) is 78.0 cm³/mol. The number of hydrogen-bond donors (Lipinski definition) is 1. The fourth-order valence-corrected chi connectivity index (χ4v) is 1.93. The number of halogens is 1. The second kappa shape index (κ2) is 6.51. The van der Waals surface area contributed by atoms with Gasteiger partial charge in [-0.2, -0.15) is 5.10 Å². The van der Waals surface area contributed by atoms with Crippen LogP contribution in [0.4, 0.5) is 5.69 Å². The van der Waals surface area contributed by atoms with Gasteiger partial charge in [-0.3, -0.25) is 0 Å². The molecule has 0 bridgehead atoms. The van der Waals surface area contributed by atoms with E-state index >= 15 is 0 Å². The normalized spacial score (nSPS) is 10.5. The van der Waals surface area contributed by atoms with E-state index in [0.29, 0.717) is 17.1 Å². The number of carbonyl (C=O) groups excluding carboxylic acids is 1. The molecule has 2 rings (SSSR count). The third-order valence-electron chi connectivity index (χ3n) is 2.70. The summed E-state index contributed by atoms with van der Waals surface area (Å²) in [4.78, 5) is 16.0. The van der Waals surface area contributed by atoms with Crippen molar-refractivity contribution in [2.45, 2.75) is 26.5 Å². The number of ether oxygens (including phenoxy) is 1. The number of carbonyl (C=O) groups is 1. The highest BCUT2D eigenvalue weighted by molar-refractivity contribution is 9.10. The lowest BCUT2D eigenvalue weighted by atomic mass is 10.2. The Hall–Kier alpha value is -1.89. The second-order valence-corrected chi connectivity index (χ2v) is 5.07. The van der Waals surface area contributed by atoms with Crippen molar-refractivity contribution in [3.63, 3.8) is 0 Å². The van der Waals surface area contributed by atoms with Crippen LogP contribution in [0, 0.1) is 0 Å². The largest absolute Gasteiger partial charge is 0.454 e. The number of rotatable bonds is 5. The monoisotopic (exact) mass is 338 g/mol. The van der Waals surface area contributed by atoms with Gasteiger partial charge in [-0.1, -0.05) is 6.92 Å². The van der Waals surface area contributed by atoms with Crippen molar-refractivity contribution in [3.8, 4) is 0 Å². The maximum Gasteiger partial charge on any atom is 0.338 e. The summed E-state index contributed by atoms with van der Waals surface area (Å²) in [5.74, 6) is 0.195. The Morgan fingerprint density at radius 3 is 3.00 bits per heavy atom. The van der Waals surface area contributed by atoms with Gasteiger partial charge in [-0.15, -0.1) is 0 Å². The first-order valence-electron chi connectivity index (χ1n) is 6.20. The summed E-state index contributed by atoms with van der Waals surface area (Å²) in [6.07, 6.45) is 2.39. The second-order valence-electron chi connectivity index (χ2n) is 4.21. The van der Waals surface area contributed by atoms with E-state index in [1.165, 1.54) is 6.33 Å². The summed E-state index contributed by atoms with van der Waals surface area (Å²) in [6.45, 7) is 2.88. The first kappa shape index (κ1) is 14.5. The summed E-state index contributed by atoms with van der Waals surface area (Å²) < 4.78 is 7.69. The molecular formula is C13H15BrN4O2. The van der Waals surface area contributed by atoms with Crippen LogP contribution in [-0.2, 0) is 17.9 Å². The average Bonchev–Trinajstić information content (AvgIpc) is 2.87. The zero-order valence-electron chi connectivity index (χ0n) is 11.0. The topological polar surface area (TPSA) is 83.0 Å². The first-order chi connectivity index (χ1) is 9.61. The van der Waals surface area contributed by atoms with Gasteiger partial charge in [0.2, 0.25) is 0 Å². The average molecular weight is 339 g/mol. The van der Waals surface area contributed by atoms with E-state index in [0.717, 1.165) is 17.4 Å². The molecule has 106 valence electrons. The third kappa shape index (κ3) is 3.36. The van der Waals surface area contributed by atoms with Gasteiger partial charge < -0.3 is 10.5 Å². The van der Waals surface area contributed by atoms with Crippen LogP contribution in [0.5, 0.6) is 0 Å². The number of nitrogens with zero attached hydrogens (tertiary/aromatic N) is 3. The number of hydrogen-bond acceptors (Lipinski definition) is 5. The molecule has 0 aliphatic carbocycles. The minimum atomic E-state index is -0.435. The van der Waals surface area contributed by atoms with Gasteiger partial charge in [0, 0.05) is 16.7 Å². The highest BCUT2D eigenvalue weighted by Crippen LogP contribution is 2.20. The molecule has 0 fully saturated rings. The molecule has 1 heterocycles. The molecule has 7 heteroatoms. The first-order valence-corrected chi connectivity index (χ1v) is 7.00. The Morgan fingerprint density at radius 1 is 1.50 bits per heavy atom. The molecule has 0 unspecified atom stereocenters. The summed E-state index contributed by atoms with van der Waals surface area (Å²) in [7, 11) is 0. The molecule has 2 N–H and O–H groups in total. The SMILES string of the molecule is CCCn1ncnc1COC(=O)c1ccc(Br)c(N)c1. The zero-order valence-corrected chi connectivity index (χ0v) is 12.6. The Morgan fingerprint density at radius 2 is 2.30 bits per heavy atom. The Labute approximate surface area is 125 Å². The number of anilines is 1. The van der Waals surface area contributed by atoms with E-state index in [2.05, 4.69) is 26.0 Å². The van der Waals surface area contributed by atoms with Crippen molar-refractivity contribution in [1.29, 1.82) is 0 Å². The van der Waals surface area contributed by atoms with Gasteiger partial charge in [0.05, 0.1) is 5.56 Å². The molecule has 0 radical (unpaired) electrons. The van der Waals surface area contributed by atoms with Gasteiger partial charge in [-0.05, 0) is 40.5 Å². The van der Waals surface area contributed by atoms with E-state index in [4.69, 9.17) is 10.5 Å².